The molecule has 0 aliphatic heterocycles. The molecule has 0 amide bonds. The lowest BCUT2D eigenvalue weighted by atomic mass is 9.91. The maximum atomic E-state index is 3.77. The van der Waals surface area contributed by atoms with Gasteiger partial charge in [-0.2, -0.15) is 0 Å². The summed E-state index contributed by atoms with van der Waals surface area (Å²) < 4.78 is 0. The Hall–Kier alpha value is -1.28. The highest BCUT2D eigenvalue weighted by atomic mass is 15.0. The van der Waals surface area contributed by atoms with Crippen LogP contribution < -0.4 is 5.32 Å². The van der Waals surface area contributed by atoms with Crippen LogP contribution in [0.25, 0.3) is 10.9 Å². The van der Waals surface area contributed by atoms with Gasteiger partial charge < -0.3 is 10.3 Å². The third kappa shape index (κ3) is 1.76. The molecule has 0 radical (unpaired) electrons. The molecule has 18 heavy (non-hydrogen) atoms. The molecule has 0 saturated heterocycles. The minimum Gasteiger partial charge on any atom is -0.357 e. The number of hydrogen-bond acceptors (Lipinski definition) is 1. The van der Waals surface area contributed by atoms with Crippen molar-refractivity contribution in [3.63, 3.8) is 0 Å². The van der Waals surface area contributed by atoms with E-state index in [9.17, 15) is 0 Å². The SMILES string of the molecule is c1ccc2c3c([nH]c2c1)C(NCC1CC1)CCC3. The summed E-state index contributed by atoms with van der Waals surface area (Å²) in [5.41, 5.74) is 4.33. The lowest BCUT2D eigenvalue weighted by Gasteiger charge is -2.24. The van der Waals surface area contributed by atoms with Crippen molar-refractivity contribution in [2.75, 3.05) is 6.54 Å². The van der Waals surface area contributed by atoms with Crippen LogP contribution in [0, 0.1) is 5.92 Å². The van der Waals surface area contributed by atoms with Crippen molar-refractivity contribution in [2.45, 2.75) is 38.1 Å². The summed E-state index contributed by atoms with van der Waals surface area (Å²) in [6.07, 6.45) is 6.70. The standard InChI is InChI=1S/C16H20N2/c1-2-6-14-12(4-1)13-5-3-7-15(16(13)18-14)17-10-11-8-9-11/h1-2,4,6,11,15,17-18H,3,5,7-10H2. The number of benzene rings is 1. The molecule has 1 heterocycles. The van der Waals surface area contributed by atoms with Crippen LogP contribution >= 0.6 is 0 Å². The summed E-state index contributed by atoms with van der Waals surface area (Å²) >= 11 is 0. The molecule has 0 spiro atoms. The number of rotatable bonds is 3. The Morgan fingerprint density at radius 3 is 2.94 bits per heavy atom. The zero-order chi connectivity index (χ0) is 11.9. The first-order valence-electron chi connectivity index (χ1n) is 7.24. The number of H-pyrrole nitrogens is 1. The lowest BCUT2D eigenvalue weighted by Crippen LogP contribution is -2.26. The van der Waals surface area contributed by atoms with Crippen LogP contribution in [-0.2, 0) is 6.42 Å². The molecule has 2 heteroatoms. The molecule has 1 aromatic heterocycles. The predicted molar refractivity (Wildman–Crippen MR) is 74.7 cm³/mol. The van der Waals surface area contributed by atoms with Crippen molar-refractivity contribution in [1.29, 1.82) is 0 Å². The highest BCUT2D eigenvalue weighted by Crippen LogP contribution is 2.35. The van der Waals surface area contributed by atoms with Crippen LogP contribution in [-0.4, -0.2) is 11.5 Å². The Bertz CT molecular complexity index is 565. The molecular weight excluding hydrogens is 220 g/mol. The maximum absolute atomic E-state index is 3.77. The summed E-state index contributed by atoms with van der Waals surface area (Å²) in [4.78, 5) is 3.65. The van der Waals surface area contributed by atoms with Gasteiger partial charge in [0.15, 0.2) is 0 Å². The second-order valence-electron chi connectivity index (χ2n) is 5.86. The fourth-order valence-corrected chi connectivity index (χ4v) is 3.25. The van der Waals surface area contributed by atoms with Gasteiger partial charge in [-0.25, -0.2) is 0 Å². The van der Waals surface area contributed by atoms with Gasteiger partial charge >= 0.3 is 0 Å². The van der Waals surface area contributed by atoms with Crippen LogP contribution in [0.15, 0.2) is 24.3 Å². The average molecular weight is 240 g/mol. The van der Waals surface area contributed by atoms with Gasteiger partial charge in [0.25, 0.3) is 0 Å². The molecule has 2 aliphatic rings. The molecule has 1 fully saturated rings. The Morgan fingerprint density at radius 1 is 1.17 bits per heavy atom. The molecule has 4 rings (SSSR count). The van der Waals surface area contributed by atoms with E-state index >= 15 is 0 Å². The molecule has 1 aromatic carbocycles. The van der Waals surface area contributed by atoms with Gasteiger partial charge in [0.2, 0.25) is 0 Å². The van der Waals surface area contributed by atoms with E-state index in [1.807, 2.05) is 0 Å². The summed E-state index contributed by atoms with van der Waals surface area (Å²) in [6, 6.07) is 9.29. The normalized spacial score (nSPS) is 23.2. The van der Waals surface area contributed by atoms with E-state index < -0.39 is 0 Å². The third-order valence-corrected chi connectivity index (χ3v) is 4.46. The second-order valence-corrected chi connectivity index (χ2v) is 5.86. The Labute approximate surface area is 108 Å². The minimum absolute atomic E-state index is 0.557. The number of nitrogens with one attached hydrogen (secondary N) is 2. The van der Waals surface area contributed by atoms with Crippen LogP contribution in [0.4, 0.5) is 0 Å². The molecule has 94 valence electrons. The number of fused-ring (bicyclic) bond motifs is 3. The molecule has 1 saturated carbocycles. The number of aromatic nitrogens is 1. The molecule has 2 aliphatic carbocycles. The van der Waals surface area contributed by atoms with Crippen molar-refractivity contribution < 1.29 is 0 Å². The van der Waals surface area contributed by atoms with E-state index in [0.29, 0.717) is 6.04 Å². The van der Waals surface area contributed by atoms with Gasteiger partial charge in [-0.3, -0.25) is 0 Å². The Kier molecular flexibility index (Phi) is 2.44. The topological polar surface area (TPSA) is 27.8 Å². The van der Waals surface area contributed by atoms with Gasteiger partial charge in [0.1, 0.15) is 0 Å². The highest BCUT2D eigenvalue weighted by molar-refractivity contribution is 5.85. The van der Waals surface area contributed by atoms with Gasteiger partial charge in [0.05, 0.1) is 0 Å². The Morgan fingerprint density at radius 2 is 2.06 bits per heavy atom. The highest BCUT2D eigenvalue weighted by Gasteiger charge is 2.27. The largest absolute Gasteiger partial charge is 0.357 e. The van der Waals surface area contributed by atoms with Crippen LogP contribution in [0.2, 0.25) is 0 Å². The zero-order valence-electron chi connectivity index (χ0n) is 10.7. The fourth-order valence-electron chi connectivity index (χ4n) is 3.25. The lowest BCUT2D eigenvalue weighted by molar-refractivity contribution is 0.444. The second kappa shape index (κ2) is 4.13. The smallest absolute Gasteiger partial charge is 0.0476 e. The van der Waals surface area contributed by atoms with Gasteiger partial charge in [-0.05, 0) is 56.2 Å². The number of hydrogen-bond donors (Lipinski definition) is 2. The summed E-state index contributed by atoms with van der Waals surface area (Å²) in [6.45, 7) is 1.21. The van der Waals surface area contributed by atoms with Gasteiger partial charge in [-0.1, -0.05) is 18.2 Å². The van der Waals surface area contributed by atoms with Crippen molar-refractivity contribution in [3.8, 4) is 0 Å². The monoisotopic (exact) mass is 240 g/mol. The number of aromatic amines is 1. The summed E-state index contributed by atoms with van der Waals surface area (Å²) in [5.74, 6) is 0.958. The zero-order valence-corrected chi connectivity index (χ0v) is 10.7. The minimum atomic E-state index is 0.557. The summed E-state index contributed by atoms with van der Waals surface area (Å²) in [7, 11) is 0. The van der Waals surface area contributed by atoms with Crippen LogP contribution in [0.5, 0.6) is 0 Å². The van der Waals surface area contributed by atoms with E-state index in [0.717, 1.165) is 5.92 Å². The fraction of sp³-hybridized carbons (Fsp3) is 0.500. The van der Waals surface area contributed by atoms with Crippen LogP contribution in [0.3, 0.4) is 0 Å². The van der Waals surface area contributed by atoms with E-state index in [4.69, 9.17) is 0 Å². The quantitative estimate of drug-likeness (QED) is 0.843. The molecule has 1 atom stereocenters. The van der Waals surface area contributed by atoms with E-state index in [-0.39, 0.29) is 0 Å². The van der Waals surface area contributed by atoms with E-state index in [1.165, 1.54) is 55.2 Å². The van der Waals surface area contributed by atoms with E-state index in [2.05, 4.69) is 34.6 Å². The first-order chi connectivity index (χ1) is 8.92. The molecule has 0 bridgehead atoms. The van der Waals surface area contributed by atoms with Crippen LogP contribution in [0.1, 0.15) is 43.0 Å². The number of para-hydroxylation sites is 1. The molecule has 2 aromatic rings. The van der Waals surface area contributed by atoms with Gasteiger partial charge in [0, 0.05) is 22.6 Å². The maximum Gasteiger partial charge on any atom is 0.0476 e. The summed E-state index contributed by atoms with van der Waals surface area (Å²) in [5, 5.41) is 5.21. The Balaban J connectivity index is 1.68. The van der Waals surface area contributed by atoms with E-state index in [1.54, 1.807) is 5.56 Å². The van der Waals surface area contributed by atoms with Crippen molar-refractivity contribution in [1.82, 2.24) is 10.3 Å². The molecule has 1 unspecified atom stereocenters. The van der Waals surface area contributed by atoms with Crippen molar-refractivity contribution in [3.05, 3.63) is 35.5 Å². The first kappa shape index (κ1) is 10.6. The molecule has 2 nitrogen and oxygen atoms in total. The van der Waals surface area contributed by atoms with Gasteiger partial charge in [-0.15, -0.1) is 0 Å². The third-order valence-electron chi connectivity index (χ3n) is 4.46. The molecular formula is C16H20N2. The number of aryl methyl sites for hydroxylation is 1. The van der Waals surface area contributed by atoms with Crippen molar-refractivity contribution in [2.24, 2.45) is 5.92 Å². The average Bonchev–Trinajstić information content (AvgIpc) is 3.16. The van der Waals surface area contributed by atoms with Crippen molar-refractivity contribution >= 4 is 10.9 Å². The first-order valence-corrected chi connectivity index (χ1v) is 7.24. The predicted octanol–water partition coefficient (Wildman–Crippen LogP) is 3.54. The molecule has 2 N–H and O–H groups in total.